The van der Waals surface area contributed by atoms with E-state index >= 15 is 0 Å². The predicted molar refractivity (Wildman–Crippen MR) is 70.5 cm³/mol. The van der Waals surface area contributed by atoms with Gasteiger partial charge in [-0.25, -0.2) is 0 Å². The van der Waals surface area contributed by atoms with E-state index in [2.05, 4.69) is 12.1 Å². The lowest BCUT2D eigenvalue weighted by atomic mass is 9.84. The second kappa shape index (κ2) is 4.29. The van der Waals surface area contributed by atoms with E-state index in [0.717, 1.165) is 17.5 Å². The van der Waals surface area contributed by atoms with Crippen LogP contribution in [0.4, 0.5) is 0 Å². The minimum absolute atomic E-state index is 0.804. The number of hydrogen-bond donors (Lipinski definition) is 1. The molecular weight excluding hydrogens is 224 g/mol. The molecule has 3 rings (SSSR count). The van der Waals surface area contributed by atoms with Gasteiger partial charge in [0.2, 0.25) is 0 Å². The van der Waals surface area contributed by atoms with E-state index in [1.807, 2.05) is 19.1 Å². The molecule has 0 fully saturated rings. The molecule has 1 N–H and O–H groups in total. The molecule has 2 aromatic rings. The van der Waals surface area contributed by atoms with E-state index < -0.39 is 5.60 Å². The van der Waals surface area contributed by atoms with Gasteiger partial charge in [0.25, 0.3) is 0 Å². The Bertz CT molecular complexity index is 538. The minimum atomic E-state index is -0.973. The van der Waals surface area contributed by atoms with Crippen LogP contribution in [0.1, 0.15) is 42.0 Å². The van der Waals surface area contributed by atoms with Crippen LogP contribution in [-0.4, -0.2) is 5.11 Å². The van der Waals surface area contributed by atoms with E-state index in [0.29, 0.717) is 0 Å². The van der Waals surface area contributed by atoms with Crippen molar-refractivity contribution in [1.29, 1.82) is 0 Å². The second-order valence-electron chi connectivity index (χ2n) is 5.27. The summed E-state index contributed by atoms with van der Waals surface area (Å²) in [6.45, 7) is 1.82. The first kappa shape index (κ1) is 11.5. The molecule has 2 heteroatoms. The summed E-state index contributed by atoms with van der Waals surface area (Å²) < 4.78 is 5.07. The maximum atomic E-state index is 10.7. The molecule has 18 heavy (non-hydrogen) atoms. The van der Waals surface area contributed by atoms with Gasteiger partial charge < -0.3 is 9.52 Å². The molecule has 1 aromatic carbocycles. The van der Waals surface area contributed by atoms with Crippen LogP contribution < -0.4 is 0 Å². The first-order valence-electron chi connectivity index (χ1n) is 6.55. The first-order valence-corrected chi connectivity index (χ1v) is 6.55. The van der Waals surface area contributed by atoms with Crippen LogP contribution in [0.2, 0.25) is 0 Å². The van der Waals surface area contributed by atoms with Crippen molar-refractivity contribution in [2.75, 3.05) is 0 Å². The molecule has 94 valence electrons. The fraction of sp³-hybridized carbons (Fsp3) is 0.375. The standard InChI is InChI=1S/C16H18O2/c1-16(17,15-8-9-18-11-15)14-7-6-12-4-2-3-5-13(12)10-14/h6-11,17H,2-5H2,1H3. The summed E-state index contributed by atoms with van der Waals surface area (Å²) in [6.07, 6.45) is 8.05. The molecule has 1 unspecified atom stereocenters. The van der Waals surface area contributed by atoms with Crippen LogP contribution >= 0.6 is 0 Å². The number of aryl methyl sites for hydroxylation is 2. The third-order valence-electron chi connectivity index (χ3n) is 3.99. The topological polar surface area (TPSA) is 33.4 Å². The van der Waals surface area contributed by atoms with Crippen LogP contribution in [0.15, 0.2) is 41.2 Å². The maximum Gasteiger partial charge on any atom is 0.115 e. The average Bonchev–Trinajstić information content (AvgIpc) is 2.92. The summed E-state index contributed by atoms with van der Waals surface area (Å²) in [5.74, 6) is 0. The number of aliphatic hydroxyl groups is 1. The van der Waals surface area contributed by atoms with E-state index in [9.17, 15) is 5.11 Å². The van der Waals surface area contributed by atoms with Crippen molar-refractivity contribution in [3.8, 4) is 0 Å². The molecule has 0 spiro atoms. The Hall–Kier alpha value is -1.54. The minimum Gasteiger partial charge on any atom is -0.472 e. The maximum absolute atomic E-state index is 10.7. The third kappa shape index (κ3) is 1.87. The van der Waals surface area contributed by atoms with Gasteiger partial charge in [0.15, 0.2) is 0 Å². The lowest BCUT2D eigenvalue weighted by Gasteiger charge is -2.25. The van der Waals surface area contributed by atoms with Crippen molar-refractivity contribution < 1.29 is 9.52 Å². The number of furan rings is 1. The molecule has 1 aliphatic carbocycles. The first-order chi connectivity index (χ1) is 8.68. The molecule has 0 radical (unpaired) electrons. The summed E-state index contributed by atoms with van der Waals surface area (Å²) in [7, 11) is 0. The normalized spacial score (nSPS) is 18.1. The smallest absolute Gasteiger partial charge is 0.115 e. The van der Waals surface area contributed by atoms with Gasteiger partial charge in [-0.1, -0.05) is 18.2 Å². The Morgan fingerprint density at radius 3 is 2.56 bits per heavy atom. The van der Waals surface area contributed by atoms with E-state index in [4.69, 9.17) is 4.42 Å². The van der Waals surface area contributed by atoms with Gasteiger partial charge >= 0.3 is 0 Å². The Morgan fingerprint density at radius 2 is 1.83 bits per heavy atom. The van der Waals surface area contributed by atoms with Crippen LogP contribution in [0.5, 0.6) is 0 Å². The molecule has 1 atom stereocenters. The van der Waals surface area contributed by atoms with Crippen molar-refractivity contribution in [2.24, 2.45) is 0 Å². The highest BCUT2D eigenvalue weighted by Crippen LogP contribution is 2.32. The highest BCUT2D eigenvalue weighted by molar-refractivity contribution is 5.40. The van der Waals surface area contributed by atoms with Crippen LogP contribution in [0, 0.1) is 0 Å². The van der Waals surface area contributed by atoms with E-state index in [1.165, 1.54) is 30.4 Å². The zero-order valence-corrected chi connectivity index (χ0v) is 10.6. The Kier molecular flexibility index (Phi) is 2.75. The molecule has 1 heterocycles. The summed E-state index contributed by atoms with van der Waals surface area (Å²) in [5, 5.41) is 10.7. The van der Waals surface area contributed by atoms with Gasteiger partial charge in [-0.05, 0) is 55.4 Å². The third-order valence-corrected chi connectivity index (χ3v) is 3.99. The second-order valence-corrected chi connectivity index (χ2v) is 5.27. The average molecular weight is 242 g/mol. The molecule has 0 bridgehead atoms. The Labute approximate surface area is 107 Å². The summed E-state index contributed by atoms with van der Waals surface area (Å²) in [6, 6.07) is 8.18. The molecule has 0 amide bonds. The fourth-order valence-electron chi connectivity index (χ4n) is 2.74. The molecule has 0 aliphatic heterocycles. The molecule has 0 saturated heterocycles. The molecule has 0 saturated carbocycles. The number of rotatable bonds is 2. The lowest BCUT2D eigenvalue weighted by Crippen LogP contribution is -2.22. The van der Waals surface area contributed by atoms with Crippen molar-refractivity contribution in [2.45, 2.75) is 38.2 Å². The monoisotopic (exact) mass is 242 g/mol. The van der Waals surface area contributed by atoms with Crippen LogP contribution in [0.25, 0.3) is 0 Å². The summed E-state index contributed by atoms with van der Waals surface area (Å²) in [5.41, 5.74) is 3.61. The molecular formula is C16H18O2. The number of fused-ring (bicyclic) bond motifs is 1. The van der Waals surface area contributed by atoms with Gasteiger partial charge in [0, 0.05) is 5.56 Å². The quantitative estimate of drug-likeness (QED) is 0.875. The fourth-order valence-corrected chi connectivity index (χ4v) is 2.74. The molecule has 1 aliphatic rings. The lowest BCUT2D eigenvalue weighted by molar-refractivity contribution is 0.101. The van der Waals surface area contributed by atoms with Gasteiger partial charge in [-0.2, -0.15) is 0 Å². The highest BCUT2D eigenvalue weighted by atomic mass is 16.3. The summed E-state index contributed by atoms with van der Waals surface area (Å²) >= 11 is 0. The predicted octanol–water partition coefficient (Wildman–Crippen LogP) is 3.41. The van der Waals surface area contributed by atoms with Gasteiger partial charge in [-0.15, -0.1) is 0 Å². The van der Waals surface area contributed by atoms with Crippen LogP contribution in [-0.2, 0) is 18.4 Å². The van der Waals surface area contributed by atoms with E-state index in [1.54, 1.807) is 12.5 Å². The molecule has 2 nitrogen and oxygen atoms in total. The van der Waals surface area contributed by atoms with Gasteiger partial charge in [-0.3, -0.25) is 0 Å². The molecule has 1 aromatic heterocycles. The zero-order valence-electron chi connectivity index (χ0n) is 10.6. The Morgan fingerprint density at radius 1 is 1.06 bits per heavy atom. The van der Waals surface area contributed by atoms with Gasteiger partial charge in [0.1, 0.15) is 5.60 Å². The van der Waals surface area contributed by atoms with Crippen molar-refractivity contribution in [3.63, 3.8) is 0 Å². The van der Waals surface area contributed by atoms with E-state index in [-0.39, 0.29) is 0 Å². The Balaban J connectivity index is 2.02. The largest absolute Gasteiger partial charge is 0.472 e. The SMILES string of the molecule is CC(O)(c1ccoc1)c1ccc2c(c1)CCCC2. The van der Waals surface area contributed by atoms with Crippen molar-refractivity contribution >= 4 is 0 Å². The highest BCUT2D eigenvalue weighted by Gasteiger charge is 2.27. The van der Waals surface area contributed by atoms with Crippen molar-refractivity contribution in [3.05, 3.63) is 59.0 Å². The van der Waals surface area contributed by atoms with Crippen LogP contribution in [0.3, 0.4) is 0 Å². The van der Waals surface area contributed by atoms with Crippen molar-refractivity contribution in [1.82, 2.24) is 0 Å². The van der Waals surface area contributed by atoms with Gasteiger partial charge in [0.05, 0.1) is 12.5 Å². The number of hydrogen-bond acceptors (Lipinski definition) is 2. The zero-order chi connectivity index (χ0) is 12.6. The summed E-state index contributed by atoms with van der Waals surface area (Å²) in [4.78, 5) is 0. The number of benzene rings is 1.